The Labute approximate surface area is 134 Å². The Hall–Kier alpha value is -2.04. The lowest BCUT2D eigenvalue weighted by molar-refractivity contribution is 0.190. The van der Waals surface area contributed by atoms with E-state index in [1.54, 1.807) is 7.11 Å². The number of nitrogens with one attached hydrogen (secondary N) is 1. The zero-order valence-corrected chi connectivity index (χ0v) is 13.0. The molecular formula is C17H17ClN2O2. The van der Waals surface area contributed by atoms with E-state index in [1.807, 2.05) is 48.5 Å². The van der Waals surface area contributed by atoms with Gasteiger partial charge in [-0.25, -0.2) is 0 Å². The second-order valence-electron chi connectivity index (χ2n) is 5.02. The quantitative estimate of drug-likeness (QED) is 0.718. The van der Waals surface area contributed by atoms with Crippen LogP contribution in [-0.4, -0.2) is 18.7 Å². The van der Waals surface area contributed by atoms with Crippen molar-refractivity contribution >= 4 is 28.7 Å². The third-order valence-electron chi connectivity index (χ3n) is 3.47. The molecule has 0 fully saturated rings. The lowest BCUT2D eigenvalue weighted by Crippen LogP contribution is -2.13. The molecule has 3 aromatic rings. The van der Waals surface area contributed by atoms with Crippen molar-refractivity contribution in [1.29, 1.82) is 0 Å². The van der Waals surface area contributed by atoms with Gasteiger partial charge in [-0.05, 0) is 36.2 Å². The van der Waals surface area contributed by atoms with Gasteiger partial charge in [0.2, 0.25) is 0 Å². The van der Waals surface area contributed by atoms with E-state index in [1.165, 1.54) is 0 Å². The van der Waals surface area contributed by atoms with Crippen molar-refractivity contribution in [3.63, 3.8) is 0 Å². The van der Waals surface area contributed by atoms with Crippen LogP contribution >= 0.6 is 11.6 Å². The Bertz CT molecular complexity index is 707. The van der Waals surface area contributed by atoms with Gasteiger partial charge in [0, 0.05) is 18.7 Å². The number of hydrogen-bond donors (Lipinski definition) is 1. The molecule has 0 saturated carbocycles. The molecule has 3 rings (SSSR count). The molecule has 5 heteroatoms. The zero-order chi connectivity index (χ0) is 15.4. The molecule has 1 N–H and O–H groups in total. The second-order valence-corrected chi connectivity index (χ2v) is 5.45. The van der Waals surface area contributed by atoms with Crippen LogP contribution in [0, 0.1) is 0 Å². The summed E-state index contributed by atoms with van der Waals surface area (Å²) in [5, 5.41) is 4.06. The van der Waals surface area contributed by atoms with Crippen LogP contribution in [0.15, 0.2) is 52.9 Å². The first-order chi connectivity index (χ1) is 10.8. The average molecular weight is 317 g/mol. The topological polar surface area (TPSA) is 47.3 Å². The summed E-state index contributed by atoms with van der Waals surface area (Å²) < 4.78 is 10.9. The molecule has 4 nitrogen and oxygen atoms in total. The molecule has 0 aliphatic carbocycles. The minimum Gasteiger partial charge on any atom is -0.424 e. The molecule has 1 atom stereocenters. The van der Waals surface area contributed by atoms with Crippen molar-refractivity contribution in [1.82, 2.24) is 4.98 Å². The van der Waals surface area contributed by atoms with Gasteiger partial charge in [-0.3, -0.25) is 0 Å². The number of benzene rings is 2. The van der Waals surface area contributed by atoms with Crippen molar-refractivity contribution in [3.8, 4) is 0 Å². The molecule has 22 heavy (non-hydrogen) atoms. The lowest BCUT2D eigenvalue weighted by Gasteiger charge is -2.17. The number of anilines is 1. The number of nitrogens with zero attached hydrogens (tertiary/aromatic N) is 1. The number of rotatable bonds is 6. The molecule has 0 aliphatic heterocycles. The number of methoxy groups -OCH3 is 1. The molecular weight excluding hydrogens is 300 g/mol. The Morgan fingerprint density at radius 1 is 1.18 bits per heavy atom. The molecule has 0 aliphatic rings. The van der Waals surface area contributed by atoms with E-state index in [9.17, 15) is 0 Å². The van der Waals surface area contributed by atoms with Crippen LogP contribution in [0.5, 0.6) is 0 Å². The van der Waals surface area contributed by atoms with Gasteiger partial charge in [0.05, 0.1) is 6.04 Å². The highest BCUT2D eigenvalue weighted by atomic mass is 35.5. The summed E-state index contributed by atoms with van der Waals surface area (Å²) in [5.74, 6) is 0. The summed E-state index contributed by atoms with van der Waals surface area (Å²) in [7, 11) is 1.69. The fraction of sp³-hybridized carbons (Fsp3) is 0.235. The Morgan fingerprint density at radius 2 is 1.95 bits per heavy atom. The van der Waals surface area contributed by atoms with Gasteiger partial charge in [-0.15, -0.1) is 0 Å². The first-order valence-corrected chi connectivity index (χ1v) is 7.50. The number of halogens is 1. The van der Waals surface area contributed by atoms with Crippen LogP contribution in [-0.2, 0) is 4.74 Å². The fourth-order valence-electron chi connectivity index (χ4n) is 2.34. The number of oxazole rings is 1. The van der Waals surface area contributed by atoms with Gasteiger partial charge in [0.15, 0.2) is 5.58 Å². The predicted molar refractivity (Wildman–Crippen MR) is 88.3 cm³/mol. The van der Waals surface area contributed by atoms with Gasteiger partial charge in [0.25, 0.3) is 6.01 Å². The van der Waals surface area contributed by atoms with Crippen molar-refractivity contribution in [3.05, 3.63) is 59.1 Å². The Kier molecular flexibility index (Phi) is 4.61. The van der Waals surface area contributed by atoms with Gasteiger partial charge in [-0.1, -0.05) is 35.9 Å². The highest BCUT2D eigenvalue weighted by Gasteiger charge is 2.14. The van der Waals surface area contributed by atoms with Crippen molar-refractivity contribution < 1.29 is 9.15 Å². The molecule has 0 radical (unpaired) electrons. The Balaban J connectivity index is 1.83. The monoisotopic (exact) mass is 316 g/mol. The molecule has 0 unspecified atom stereocenters. The van der Waals surface area contributed by atoms with E-state index in [4.69, 9.17) is 20.8 Å². The lowest BCUT2D eigenvalue weighted by atomic mass is 10.0. The van der Waals surface area contributed by atoms with Crippen LogP contribution in [0.25, 0.3) is 11.1 Å². The van der Waals surface area contributed by atoms with Crippen molar-refractivity contribution in [2.75, 3.05) is 19.0 Å². The summed E-state index contributed by atoms with van der Waals surface area (Å²) in [6.07, 6.45) is 0.802. The van der Waals surface area contributed by atoms with E-state index < -0.39 is 0 Å². The third-order valence-corrected chi connectivity index (χ3v) is 3.73. The number of ether oxygens (including phenoxy) is 1. The molecule has 0 saturated heterocycles. The maximum absolute atomic E-state index is 5.96. The Morgan fingerprint density at radius 3 is 2.68 bits per heavy atom. The van der Waals surface area contributed by atoms with Gasteiger partial charge in [0.1, 0.15) is 5.52 Å². The zero-order valence-electron chi connectivity index (χ0n) is 12.3. The van der Waals surface area contributed by atoms with E-state index >= 15 is 0 Å². The summed E-state index contributed by atoms with van der Waals surface area (Å²) in [5.41, 5.74) is 2.72. The molecule has 114 valence electrons. The van der Waals surface area contributed by atoms with Crippen molar-refractivity contribution in [2.24, 2.45) is 0 Å². The number of aromatic nitrogens is 1. The SMILES string of the molecule is COCC[C@H](Nc1nc2ccccc2o1)c1ccc(Cl)cc1. The van der Waals surface area contributed by atoms with Crippen LogP contribution in [0.1, 0.15) is 18.0 Å². The normalized spacial score (nSPS) is 12.5. The number of hydrogen-bond acceptors (Lipinski definition) is 4. The van der Waals surface area contributed by atoms with E-state index in [-0.39, 0.29) is 6.04 Å². The summed E-state index contributed by atoms with van der Waals surface area (Å²) >= 11 is 5.96. The van der Waals surface area contributed by atoms with Crippen LogP contribution in [0.4, 0.5) is 6.01 Å². The molecule has 0 amide bonds. The summed E-state index contributed by atoms with van der Waals surface area (Å²) in [4.78, 5) is 4.46. The first kappa shape index (κ1) is 14.9. The minimum absolute atomic E-state index is 0.0466. The largest absolute Gasteiger partial charge is 0.424 e. The summed E-state index contributed by atoms with van der Waals surface area (Å²) in [6.45, 7) is 0.639. The minimum atomic E-state index is 0.0466. The average Bonchev–Trinajstić information content (AvgIpc) is 2.94. The van der Waals surface area contributed by atoms with Gasteiger partial charge < -0.3 is 14.5 Å². The summed E-state index contributed by atoms with van der Waals surface area (Å²) in [6, 6.07) is 16.0. The molecule has 0 bridgehead atoms. The maximum Gasteiger partial charge on any atom is 0.296 e. The standard InChI is InChI=1S/C17H17ClN2O2/c1-21-11-10-14(12-6-8-13(18)9-7-12)19-17-20-15-4-2-3-5-16(15)22-17/h2-9,14H,10-11H2,1H3,(H,19,20)/t14-/m0/s1. The van der Waals surface area contributed by atoms with Gasteiger partial charge in [-0.2, -0.15) is 4.98 Å². The smallest absolute Gasteiger partial charge is 0.296 e. The van der Waals surface area contributed by atoms with E-state index in [0.717, 1.165) is 28.1 Å². The highest BCUT2D eigenvalue weighted by Crippen LogP contribution is 2.26. The predicted octanol–water partition coefficient (Wildman–Crippen LogP) is 4.67. The van der Waals surface area contributed by atoms with Crippen LogP contribution in [0.2, 0.25) is 5.02 Å². The number of para-hydroxylation sites is 2. The highest BCUT2D eigenvalue weighted by molar-refractivity contribution is 6.30. The van der Waals surface area contributed by atoms with Crippen LogP contribution in [0.3, 0.4) is 0 Å². The van der Waals surface area contributed by atoms with Crippen molar-refractivity contribution in [2.45, 2.75) is 12.5 Å². The second kappa shape index (κ2) is 6.81. The molecule has 1 heterocycles. The molecule has 1 aromatic heterocycles. The van der Waals surface area contributed by atoms with E-state index in [0.29, 0.717) is 12.6 Å². The van der Waals surface area contributed by atoms with E-state index in [2.05, 4.69) is 10.3 Å². The van der Waals surface area contributed by atoms with Crippen LogP contribution < -0.4 is 5.32 Å². The molecule has 2 aromatic carbocycles. The maximum atomic E-state index is 5.96. The fourth-order valence-corrected chi connectivity index (χ4v) is 2.46. The van der Waals surface area contributed by atoms with Gasteiger partial charge >= 0.3 is 0 Å². The molecule has 0 spiro atoms. The third kappa shape index (κ3) is 3.40. The number of fused-ring (bicyclic) bond motifs is 1. The first-order valence-electron chi connectivity index (χ1n) is 7.13.